The van der Waals surface area contributed by atoms with Gasteiger partial charge in [0.2, 0.25) is 5.91 Å². The van der Waals surface area contributed by atoms with E-state index in [2.05, 4.69) is 24.3 Å². The average Bonchev–Trinajstić information content (AvgIpc) is 3.10. The first-order chi connectivity index (χ1) is 11.3. The maximum absolute atomic E-state index is 13.0. The number of hydrogen-bond donors (Lipinski definition) is 0. The fourth-order valence-corrected chi connectivity index (χ4v) is 3.68. The molecule has 0 saturated carbocycles. The van der Waals surface area contributed by atoms with Crippen LogP contribution in [-0.2, 0) is 22.4 Å². The van der Waals surface area contributed by atoms with Gasteiger partial charge in [0.25, 0.3) is 0 Å². The molecule has 3 rings (SSSR count). The molecule has 1 aliphatic heterocycles. The first kappa shape index (κ1) is 16.0. The molecule has 2 aliphatic rings. The third-order valence-corrected chi connectivity index (χ3v) is 4.95. The van der Waals surface area contributed by atoms with E-state index in [4.69, 9.17) is 10.00 Å². The van der Waals surface area contributed by atoms with Crippen molar-refractivity contribution in [2.24, 2.45) is 5.92 Å². The first-order valence-electron chi connectivity index (χ1n) is 8.62. The van der Waals surface area contributed by atoms with Crippen molar-refractivity contribution >= 4 is 5.91 Å². The van der Waals surface area contributed by atoms with Gasteiger partial charge in [-0.05, 0) is 43.2 Å². The summed E-state index contributed by atoms with van der Waals surface area (Å²) in [5.41, 5.74) is 2.67. The van der Waals surface area contributed by atoms with Gasteiger partial charge in [0.05, 0.1) is 18.6 Å². The molecule has 4 heteroatoms. The average molecular weight is 312 g/mol. The number of rotatable bonds is 5. The molecule has 23 heavy (non-hydrogen) atoms. The van der Waals surface area contributed by atoms with Crippen LogP contribution in [0.3, 0.4) is 0 Å². The Hall–Kier alpha value is -1.86. The Labute approximate surface area is 138 Å². The third kappa shape index (κ3) is 3.92. The van der Waals surface area contributed by atoms with Crippen LogP contribution in [0.15, 0.2) is 24.3 Å². The summed E-state index contributed by atoms with van der Waals surface area (Å²) in [6.45, 7) is 1.95. The largest absolute Gasteiger partial charge is 0.376 e. The number of carbonyl (C=O) groups is 1. The molecule has 1 heterocycles. The monoisotopic (exact) mass is 312 g/mol. The van der Waals surface area contributed by atoms with E-state index in [1.807, 2.05) is 11.0 Å². The van der Waals surface area contributed by atoms with Gasteiger partial charge in [0.1, 0.15) is 0 Å². The van der Waals surface area contributed by atoms with E-state index in [0.29, 0.717) is 19.5 Å². The number of amides is 1. The number of nitriles is 1. The summed E-state index contributed by atoms with van der Waals surface area (Å²) in [5, 5.41) is 8.88. The van der Waals surface area contributed by atoms with Crippen LogP contribution in [-0.4, -0.2) is 36.6 Å². The second-order valence-corrected chi connectivity index (χ2v) is 6.54. The number of aryl methyl sites for hydroxylation is 1. The topological polar surface area (TPSA) is 53.3 Å². The highest BCUT2D eigenvalue weighted by Gasteiger charge is 2.30. The molecule has 1 aromatic carbocycles. The van der Waals surface area contributed by atoms with E-state index in [1.54, 1.807) is 0 Å². The molecular weight excluding hydrogens is 288 g/mol. The summed E-state index contributed by atoms with van der Waals surface area (Å²) >= 11 is 0. The maximum atomic E-state index is 13.0. The van der Waals surface area contributed by atoms with Gasteiger partial charge in [0.15, 0.2) is 0 Å². The van der Waals surface area contributed by atoms with Gasteiger partial charge in [0, 0.05) is 25.6 Å². The molecule has 0 radical (unpaired) electrons. The van der Waals surface area contributed by atoms with Crippen LogP contribution in [0.4, 0.5) is 0 Å². The smallest absolute Gasteiger partial charge is 0.226 e. The molecule has 0 N–H and O–H groups in total. The molecule has 1 saturated heterocycles. The summed E-state index contributed by atoms with van der Waals surface area (Å²) in [4.78, 5) is 14.8. The predicted octanol–water partition coefficient (Wildman–Crippen LogP) is 2.71. The molecule has 1 aromatic rings. The molecule has 0 spiro atoms. The van der Waals surface area contributed by atoms with Crippen molar-refractivity contribution in [3.8, 4) is 6.07 Å². The molecule has 1 aliphatic carbocycles. The van der Waals surface area contributed by atoms with Crippen molar-refractivity contribution in [2.75, 3.05) is 19.7 Å². The molecule has 2 atom stereocenters. The third-order valence-electron chi connectivity index (χ3n) is 4.95. The van der Waals surface area contributed by atoms with E-state index in [1.165, 1.54) is 11.1 Å². The first-order valence-corrected chi connectivity index (χ1v) is 8.62. The van der Waals surface area contributed by atoms with Gasteiger partial charge in [-0.15, -0.1) is 0 Å². The lowest BCUT2D eigenvalue weighted by atomic mass is 9.83. The van der Waals surface area contributed by atoms with Crippen molar-refractivity contribution in [2.45, 2.75) is 44.6 Å². The van der Waals surface area contributed by atoms with E-state index in [9.17, 15) is 4.79 Å². The standard InChI is InChI=1S/C19H24N2O2/c20-10-4-11-21(14-18-7-3-12-23-18)19(22)17-9-8-15-5-1-2-6-16(15)13-17/h1-2,5-6,17-18H,3-4,7-9,11-14H2. The Bertz CT molecular complexity index is 587. The van der Waals surface area contributed by atoms with Crippen LogP contribution in [0.2, 0.25) is 0 Å². The van der Waals surface area contributed by atoms with Gasteiger partial charge in [-0.2, -0.15) is 5.26 Å². The van der Waals surface area contributed by atoms with Gasteiger partial charge >= 0.3 is 0 Å². The Kier molecular flexibility index (Phi) is 5.30. The van der Waals surface area contributed by atoms with Crippen molar-refractivity contribution in [1.29, 1.82) is 5.26 Å². The molecule has 122 valence electrons. The molecule has 0 aromatic heterocycles. The van der Waals surface area contributed by atoms with E-state index in [-0.39, 0.29) is 17.9 Å². The lowest BCUT2D eigenvalue weighted by molar-refractivity contribution is -0.137. The predicted molar refractivity (Wildman–Crippen MR) is 87.7 cm³/mol. The lowest BCUT2D eigenvalue weighted by Crippen LogP contribution is -2.42. The summed E-state index contributed by atoms with van der Waals surface area (Å²) in [5.74, 6) is 0.246. The maximum Gasteiger partial charge on any atom is 0.226 e. The zero-order valence-electron chi connectivity index (χ0n) is 13.5. The van der Waals surface area contributed by atoms with Gasteiger partial charge in [-0.25, -0.2) is 0 Å². The zero-order valence-corrected chi connectivity index (χ0v) is 13.5. The molecule has 1 fully saturated rings. The number of carbonyl (C=O) groups excluding carboxylic acids is 1. The second-order valence-electron chi connectivity index (χ2n) is 6.54. The highest BCUT2D eigenvalue weighted by atomic mass is 16.5. The van der Waals surface area contributed by atoms with Crippen LogP contribution in [0, 0.1) is 17.2 Å². The minimum Gasteiger partial charge on any atom is -0.376 e. The van der Waals surface area contributed by atoms with Crippen LogP contribution < -0.4 is 0 Å². The van der Waals surface area contributed by atoms with Crippen LogP contribution >= 0.6 is 0 Å². The number of nitrogens with zero attached hydrogens (tertiary/aromatic N) is 2. The second kappa shape index (κ2) is 7.61. The van der Waals surface area contributed by atoms with Crippen molar-refractivity contribution in [3.05, 3.63) is 35.4 Å². The highest BCUT2D eigenvalue weighted by Crippen LogP contribution is 2.27. The van der Waals surface area contributed by atoms with Gasteiger partial charge in [-0.1, -0.05) is 24.3 Å². The number of fused-ring (bicyclic) bond motifs is 1. The van der Waals surface area contributed by atoms with Crippen LogP contribution in [0.5, 0.6) is 0 Å². The van der Waals surface area contributed by atoms with Crippen molar-refractivity contribution < 1.29 is 9.53 Å². The van der Waals surface area contributed by atoms with Gasteiger partial charge < -0.3 is 9.64 Å². The van der Waals surface area contributed by atoms with E-state index in [0.717, 1.165) is 38.7 Å². The summed E-state index contributed by atoms with van der Waals surface area (Å²) in [7, 11) is 0. The molecule has 2 unspecified atom stereocenters. The summed E-state index contributed by atoms with van der Waals surface area (Å²) in [6, 6.07) is 10.6. The quantitative estimate of drug-likeness (QED) is 0.840. The van der Waals surface area contributed by atoms with E-state index < -0.39 is 0 Å². The molecular formula is C19H24N2O2. The normalized spacial score (nSPS) is 23.1. The fourth-order valence-electron chi connectivity index (χ4n) is 3.68. The summed E-state index contributed by atoms with van der Waals surface area (Å²) < 4.78 is 5.68. The number of benzene rings is 1. The number of ether oxygens (including phenoxy) is 1. The SMILES string of the molecule is N#CCCN(CC1CCCO1)C(=O)C1CCc2ccccc2C1. The van der Waals surface area contributed by atoms with Crippen LogP contribution in [0.1, 0.15) is 36.8 Å². The Morgan fingerprint density at radius 3 is 2.87 bits per heavy atom. The van der Waals surface area contributed by atoms with E-state index >= 15 is 0 Å². The van der Waals surface area contributed by atoms with Crippen molar-refractivity contribution in [1.82, 2.24) is 4.90 Å². The fraction of sp³-hybridized carbons (Fsp3) is 0.579. The van der Waals surface area contributed by atoms with Crippen LogP contribution in [0.25, 0.3) is 0 Å². The Balaban J connectivity index is 1.66. The highest BCUT2D eigenvalue weighted by molar-refractivity contribution is 5.79. The number of hydrogen-bond acceptors (Lipinski definition) is 3. The Morgan fingerprint density at radius 2 is 2.13 bits per heavy atom. The Morgan fingerprint density at radius 1 is 1.30 bits per heavy atom. The molecule has 0 bridgehead atoms. The van der Waals surface area contributed by atoms with Gasteiger partial charge in [-0.3, -0.25) is 4.79 Å². The van der Waals surface area contributed by atoms with Crippen molar-refractivity contribution in [3.63, 3.8) is 0 Å². The minimum absolute atomic E-state index is 0.0463. The molecule has 1 amide bonds. The molecule has 4 nitrogen and oxygen atoms in total. The lowest BCUT2D eigenvalue weighted by Gasteiger charge is -2.31. The summed E-state index contributed by atoms with van der Waals surface area (Å²) in [6.07, 6.45) is 5.33. The minimum atomic E-state index is 0.0463. The zero-order chi connectivity index (χ0) is 16.1.